The van der Waals surface area contributed by atoms with Gasteiger partial charge in [-0.25, -0.2) is 0 Å². The van der Waals surface area contributed by atoms with Crippen LogP contribution in [0, 0.1) is 0 Å². The molecule has 2 aliphatic heterocycles. The second kappa shape index (κ2) is 6.50. The predicted molar refractivity (Wildman–Crippen MR) is 96.1 cm³/mol. The summed E-state index contributed by atoms with van der Waals surface area (Å²) in [6, 6.07) is 10.9. The molecule has 1 aromatic carbocycles. The molecule has 120 valence electrons. The van der Waals surface area contributed by atoms with Gasteiger partial charge >= 0.3 is 0 Å². The van der Waals surface area contributed by atoms with Gasteiger partial charge in [0, 0.05) is 42.5 Å². The van der Waals surface area contributed by atoms with Crippen molar-refractivity contribution < 1.29 is 0 Å². The third-order valence-corrected chi connectivity index (χ3v) is 5.37. The maximum Gasteiger partial charge on any atom is 0.0561 e. The summed E-state index contributed by atoms with van der Waals surface area (Å²) in [5.41, 5.74) is 3.59. The van der Waals surface area contributed by atoms with E-state index in [0.29, 0.717) is 6.04 Å². The van der Waals surface area contributed by atoms with Gasteiger partial charge in [-0.2, -0.15) is 0 Å². The molecule has 1 aromatic heterocycles. The van der Waals surface area contributed by atoms with E-state index in [0.717, 1.165) is 17.1 Å². The van der Waals surface area contributed by atoms with E-state index in [1.54, 1.807) is 0 Å². The van der Waals surface area contributed by atoms with Crippen LogP contribution in [0.15, 0.2) is 42.7 Å². The van der Waals surface area contributed by atoms with Crippen LogP contribution in [0.25, 0.3) is 11.1 Å². The molecule has 2 aliphatic rings. The summed E-state index contributed by atoms with van der Waals surface area (Å²) in [7, 11) is 0. The number of benzene rings is 1. The van der Waals surface area contributed by atoms with Crippen molar-refractivity contribution in [1.82, 2.24) is 9.88 Å². The normalized spacial score (nSPS) is 24.3. The Morgan fingerprint density at radius 1 is 0.913 bits per heavy atom. The van der Waals surface area contributed by atoms with Crippen molar-refractivity contribution in [3.8, 4) is 11.1 Å². The van der Waals surface area contributed by atoms with Gasteiger partial charge in [0.2, 0.25) is 0 Å². The first-order chi connectivity index (χ1) is 11.3. The number of pyridine rings is 1. The van der Waals surface area contributed by atoms with Crippen molar-refractivity contribution in [3.63, 3.8) is 0 Å². The van der Waals surface area contributed by atoms with Crippen LogP contribution < -0.4 is 4.90 Å². The third kappa shape index (κ3) is 3.22. The van der Waals surface area contributed by atoms with Crippen molar-refractivity contribution in [2.45, 2.75) is 25.3 Å². The largest absolute Gasteiger partial charge is 0.366 e. The fourth-order valence-corrected chi connectivity index (χ4v) is 3.96. The van der Waals surface area contributed by atoms with Crippen molar-refractivity contribution in [1.29, 1.82) is 0 Å². The molecule has 0 N–H and O–H groups in total. The summed E-state index contributed by atoms with van der Waals surface area (Å²) in [5, 5.41) is 0.771. The Hall–Kier alpha value is -1.58. The zero-order valence-corrected chi connectivity index (χ0v) is 14.0. The Labute approximate surface area is 142 Å². The molecule has 3 nitrogen and oxygen atoms in total. The van der Waals surface area contributed by atoms with Gasteiger partial charge in [-0.1, -0.05) is 23.7 Å². The van der Waals surface area contributed by atoms with Gasteiger partial charge in [0.15, 0.2) is 0 Å². The van der Waals surface area contributed by atoms with Crippen molar-refractivity contribution in [2.75, 3.05) is 31.1 Å². The molecule has 4 rings (SSSR count). The predicted octanol–water partition coefficient (Wildman–Crippen LogP) is 4.08. The number of hydrogen-bond acceptors (Lipinski definition) is 3. The lowest BCUT2D eigenvalue weighted by Gasteiger charge is -2.33. The number of hydrogen-bond donors (Lipinski definition) is 0. The van der Waals surface area contributed by atoms with Gasteiger partial charge in [0.1, 0.15) is 0 Å². The highest BCUT2D eigenvalue weighted by Crippen LogP contribution is 2.29. The zero-order chi connectivity index (χ0) is 15.6. The van der Waals surface area contributed by atoms with E-state index in [-0.39, 0.29) is 0 Å². The lowest BCUT2D eigenvalue weighted by atomic mass is 10.0. The molecule has 0 spiro atoms. The lowest BCUT2D eigenvalue weighted by Crippen LogP contribution is -2.39. The van der Waals surface area contributed by atoms with Gasteiger partial charge in [-0.15, -0.1) is 0 Å². The molecule has 0 saturated carbocycles. The first kappa shape index (κ1) is 15.0. The molecule has 2 unspecified atom stereocenters. The average molecular weight is 328 g/mol. The van der Waals surface area contributed by atoms with E-state index in [1.807, 2.05) is 24.5 Å². The molecule has 4 heteroatoms. The number of halogens is 1. The van der Waals surface area contributed by atoms with E-state index >= 15 is 0 Å². The van der Waals surface area contributed by atoms with E-state index in [4.69, 9.17) is 11.6 Å². The topological polar surface area (TPSA) is 19.4 Å². The van der Waals surface area contributed by atoms with Crippen LogP contribution in [0.5, 0.6) is 0 Å². The SMILES string of the molecule is Clc1ccc(-c2cncc(N3CCN4CCCC3CC4)c2)cc1. The van der Waals surface area contributed by atoms with E-state index in [2.05, 4.69) is 33.0 Å². The highest BCUT2D eigenvalue weighted by atomic mass is 35.5. The second-order valence-electron chi connectivity index (χ2n) is 6.56. The molecule has 0 aliphatic carbocycles. The Morgan fingerprint density at radius 3 is 2.65 bits per heavy atom. The fraction of sp³-hybridized carbons (Fsp3) is 0.421. The Balaban J connectivity index is 1.64. The summed E-state index contributed by atoms with van der Waals surface area (Å²) < 4.78 is 0. The van der Waals surface area contributed by atoms with Gasteiger partial charge in [0.05, 0.1) is 11.9 Å². The number of anilines is 1. The maximum absolute atomic E-state index is 6.00. The Kier molecular flexibility index (Phi) is 4.23. The molecule has 2 saturated heterocycles. The van der Waals surface area contributed by atoms with E-state index in [9.17, 15) is 0 Å². The molecular weight excluding hydrogens is 306 g/mol. The highest BCUT2D eigenvalue weighted by molar-refractivity contribution is 6.30. The number of nitrogens with zero attached hydrogens (tertiary/aromatic N) is 3. The molecule has 0 amide bonds. The Morgan fingerprint density at radius 2 is 1.78 bits per heavy atom. The van der Waals surface area contributed by atoms with Crippen LogP contribution in [-0.2, 0) is 0 Å². The van der Waals surface area contributed by atoms with Crippen LogP contribution >= 0.6 is 11.6 Å². The third-order valence-electron chi connectivity index (χ3n) is 5.12. The van der Waals surface area contributed by atoms with Gasteiger partial charge in [-0.3, -0.25) is 4.98 Å². The number of fused-ring (bicyclic) bond motifs is 3. The van der Waals surface area contributed by atoms with Crippen LogP contribution in [-0.4, -0.2) is 42.1 Å². The summed E-state index contributed by atoms with van der Waals surface area (Å²) in [5.74, 6) is 0. The monoisotopic (exact) mass is 327 g/mol. The smallest absolute Gasteiger partial charge is 0.0561 e. The number of aromatic nitrogens is 1. The minimum absolute atomic E-state index is 0.657. The molecule has 2 fully saturated rings. The van der Waals surface area contributed by atoms with Crippen molar-refractivity contribution in [2.24, 2.45) is 0 Å². The van der Waals surface area contributed by atoms with Crippen LogP contribution in [0.1, 0.15) is 19.3 Å². The molecule has 2 bridgehead atoms. The minimum Gasteiger partial charge on any atom is -0.366 e. The van der Waals surface area contributed by atoms with Crippen LogP contribution in [0.2, 0.25) is 5.02 Å². The summed E-state index contributed by atoms with van der Waals surface area (Å²) in [6.45, 7) is 4.79. The van der Waals surface area contributed by atoms with Gasteiger partial charge in [0.25, 0.3) is 0 Å². The zero-order valence-electron chi connectivity index (χ0n) is 13.3. The first-order valence-electron chi connectivity index (χ1n) is 8.49. The van der Waals surface area contributed by atoms with Crippen molar-refractivity contribution >= 4 is 17.3 Å². The second-order valence-corrected chi connectivity index (χ2v) is 6.99. The quantitative estimate of drug-likeness (QED) is 0.828. The minimum atomic E-state index is 0.657. The van der Waals surface area contributed by atoms with Crippen molar-refractivity contribution in [3.05, 3.63) is 47.7 Å². The highest BCUT2D eigenvalue weighted by Gasteiger charge is 2.27. The lowest BCUT2D eigenvalue weighted by molar-refractivity contribution is 0.298. The van der Waals surface area contributed by atoms with E-state index in [1.165, 1.54) is 50.1 Å². The molecule has 0 radical (unpaired) electrons. The summed E-state index contributed by atoms with van der Waals surface area (Å²) >= 11 is 6.00. The molecule has 23 heavy (non-hydrogen) atoms. The van der Waals surface area contributed by atoms with Gasteiger partial charge in [-0.05, 0) is 49.6 Å². The summed E-state index contributed by atoms with van der Waals surface area (Å²) in [4.78, 5) is 9.69. The molecule has 3 heterocycles. The Bertz CT molecular complexity index is 671. The molecular formula is C19H22ClN3. The van der Waals surface area contributed by atoms with E-state index < -0.39 is 0 Å². The maximum atomic E-state index is 6.00. The van der Waals surface area contributed by atoms with Crippen LogP contribution in [0.3, 0.4) is 0 Å². The standard InChI is InChI=1S/C19H22ClN3/c20-17-5-3-15(4-6-17)16-12-19(14-21-13-16)23-11-10-22-8-1-2-18(23)7-9-22/h3-6,12-14,18H,1-2,7-11H2. The van der Waals surface area contributed by atoms with Gasteiger partial charge < -0.3 is 9.80 Å². The molecule has 2 aromatic rings. The first-order valence-corrected chi connectivity index (χ1v) is 8.87. The molecule has 2 atom stereocenters. The fourth-order valence-electron chi connectivity index (χ4n) is 3.83. The summed E-state index contributed by atoms with van der Waals surface area (Å²) in [6.07, 6.45) is 7.83. The van der Waals surface area contributed by atoms with Crippen LogP contribution in [0.4, 0.5) is 5.69 Å². The number of rotatable bonds is 2. The average Bonchev–Trinajstić information content (AvgIpc) is 2.91.